The Morgan fingerprint density at radius 2 is 2.17 bits per heavy atom. The third kappa shape index (κ3) is 2.13. The molecule has 0 aromatic carbocycles. The van der Waals surface area contributed by atoms with Gasteiger partial charge in [-0.3, -0.25) is 4.98 Å². The lowest BCUT2D eigenvalue weighted by Crippen LogP contribution is -2.25. The molecule has 1 N–H and O–H groups in total. The van der Waals surface area contributed by atoms with Crippen molar-refractivity contribution in [1.29, 1.82) is 0 Å². The zero-order valence-corrected chi connectivity index (χ0v) is 10.2. The molecule has 2 aromatic rings. The van der Waals surface area contributed by atoms with Crippen molar-refractivity contribution in [3.8, 4) is 0 Å². The third-order valence-corrected chi connectivity index (χ3v) is 3.41. The minimum absolute atomic E-state index is 0.179. The molecular formula is C13H16N4O. The van der Waals surface area contributed by atoms with Crippen molar-refractivity contribution in [2.24, 2.45) is 0 Å². The highest BCUT2D eigenvalue weighted by molar-refractivity contribution is 5.88. The summed E-state index contributed by atoms with van der Waals surface area (Å²) in [5, 5.41) is 10.7. The first-order valence-corrected chi connectivity index (χ1v) is 6.32. The maximum Gasteiger partial charge on any atom is 0.141 e. The van der Waals surface area contributed by atoms with E-state index in [1.165, 1.54) is 0 Å². The van der Waals surface area contributed by atoms with Crippen LogP contribution in [0.5, 0.6) is 0 Å². The van der Waals surface area contributed by atoms with Crippen molar-refractivity contribution in [3.05, 3.63) is 24.8 Å². The number of aliphatic hydroxyl groups is 1. The van der Waals surface area contributed by atoms with Crippen molar-refractivity contribution in [2.45, 2.75) is 25.4 Å². The fourth-order valence-electron chi connectivity index (χ4n) is 2.43. The Kier molecular flexibility index (Phi) is 3.06. The Morgan fingerprint density at radius 1 is 1.22 bits per heavy atom. The molecule has 1 fully saturated rings. The first-order valence-electron chi connectivity index (χ1n) is 6.32. The fraction of sp³-hybridized carbons (Fsp3) is 0.462. The van der Waals surface area contributed by atoms with E-state index in [0.717, 1.165) is 49.1 Å². The smallest absolute Gasteiger partial charge is 0.141 e. The molecule has 18 heavy (non-hydrogen) atoms. The van der Waals surface area contributed by atoms with Gasteiger partial charge in [0.1, 0.15) is 12.1 Å². The number of rotatable bonds is 1. The third-order valence-electron chi connectivity index (χ3n) is 3.41. The van der Waals surface area contributed by atoms with Crippen LogP contribution in [0.4, 0.5) is 5.82 Å². The van der Waals surface area contributed by atoms with Crippen molar-refractivity contribution in [1.82, 2.24) is 15.0 Å². The van der Waals surface area contributed by atoms with Crippen LogP contribution >= 0.6 is 0 Å². The zero-order chi connectivity index (χ0) is 12.4. The summed E-state index contributed by atoms with van der Waals surface area (Å²) in [4.78, 5) is 15.0. The first-order chi connectivity index (χ1) is 8.84. The van der Waals surface area contributed by atoms with Gasteiger partial charge in [0.15, 0.2) is 0 Å². The molecular weight excluding hydrogens is 228 g/mol. The second-order valence-electron chi connectivity index (χ2n) is 4.66. The highest BCUT2D eigenvalue weighted by atomic mass is 16.3. The summed E-state index contributed by atoms with van der Waals surface area (Å²) in [6.07, 6.45) is 7.63. The van der Waals surface area contributed by atoms with Crippen LogP contribution in [-0.4, -0.2) is 39.3 Å². The standard InChI is InChI=1S/C13H16N4O/c18-10-2-1-6-17(7-4-10)13-11-8-14-5-3-12(11)15-9-16-13/h3,5,8-10,18H,1-2,4,6-7H2. The molecule has 1 atom stereocenters. The summed E-state index contributed by atoms with van der Waals surface area (Å²) in [7, 11) is 0. The molecule has 1 unspecified atom stereocenters. The Labute approximate surface area is 106 Å². The molecule has 0 radical (unpaired) electrons. The minimum Gasteiger partial charge on any atom is -0.393 e. The Bertz CT molecular complexity index is 540. The van der Waals surface area contributed by atoms with Gasteiger partial charge in [0.25, 0.3) is 0 Å². The summed E-state index contributed by atoms with van der Waals surface area (Å²) in [5.74, 6) is 0.933. The van der Waals surface area contributed by atoms with Gasteiger partial charge in [-0.05, 0) is 25.3 Å². The minimum atomic E-state index is -0.179. The molecule has 5 nitrogen and oxygen atoms in total. The molecule has 0 spiro atoms. The van der Waals surface area contributed by atoms with Crippen LogP contribution in [0.3, 0.4) is 0 Å². The molecule has 0 bridgehead atoms. The van der Waals surface area contributed by atoms with Gasteiger partial charge >= 0.3 is 0 Å². The maximum atomic E-state index is 9.70. The molecule has 0 aliphatic carbocycles. The molecule has 0 saturated carbocycles. The van der Waals surface area contributed by atoms with Gasteiger partial charge < -0.3 is 10.0 Å². The molecule has 3 rings (SSSR count). The predicted molar refractivity (Wildman–Crippen MR) is 69.4 cm³/mol. The van der Waals surface area contributed by atoms with E-state index in [1.54, 1.807) is 12.5 Å². The number of aliphatic hydroxyl groups excluding tert-OH is 1. The quantitative estimate of drug-likeness (QED) is 0.821. The zero-order valence-electron chi connectivity index (χ0n) is 10.2. The number of fused-ring (bicyclic) bond motifs is 1. The van der Waals surface area contributed by atoms with Crippen molar-refractivity contribution in [2.75, 3.05) is 18.0 Å². The average Bonchev–Trinajstić information content (AvgIpc) is 2.63. The molecule has 94 valence electrons. The Balaban J connectivity index is 1.98. The summed E-state index contributed by atoms with van der Waals surface area (Å²) in [6, 6.07) is 1.90. The van der Waals surface area contributed by atoms with Crippen LogP contribution in [-0.2, 0) is 0 Å². The maximum absolute atomic E-state index is 9.70. The number of aromatic nitrogens is 3. The molecule has 5 heteroatoms. The highest BCUT2D eigenvalue weighted by Gasteiger charge is 2.17. The summed E-state index contributed by atoms with van der Waals surface area (Å²) < 4.78 is 0. The largest absolute Gasteiger partial charge is 0.393 e. The van der Waals surface area contributed by atoms with Crippen LogP contribution in [0.1, 0.15) is 19.3 Å². The lowest BCUT2D eigenvalue weighted by Gasteiger charge is -2.22. The average molecular weight is 244 g/mol. The van der Waals surface area contributed by atoms with E-state index < -0.39 is 0 Å². The van der Waals surface area contributed by atoms with Crippen LogP contribution in [0.2, 0.25) is 0 Å². The lowest BCUT2D eigenvalue weighted by atomic mass is 10.2. The van der Waals surface area contributed by atoms with Crippen LogP contribution in [0, 0.1) is 0 Å². The second kappa shape index (κ2) is 4.86. The monoisotopic (exact) mass is 244 g/mol. The number of hydrogen-bond donors (Lipinski definition) is 1. The summed E-state index contributed by atoms with van der Waals surface area (Å²) in [6.45, 7) is 1.76. The topological polar surface area (TPSA) is 62.1 Å². The van der Waals surface area contributed by atoms with Crippen LogP contribution in [0.25, 0.3) is 10.9 Å². The van der Waals surface area contributed by atoms with E-state index in [-0.39, 0.29) is 6.10 Å². The number of anilines is 1. The van der Waals surface area contributed by atoms with E-state index in [0.29, 0.717) is 0 Å². The molecule has 3 heterocycles. The van der Waals surface area contributed by atoms with Crippen LogP contribution < -0.4 is 4.90 Å². The summed E-state index contributed by atoms with van der Waals surface area (Å²) >= 11 is 0. The Morgan fingerprint density at radius 3 is 3.11 bits per heavy atom. The normalized spacial score (nSPS) is 20.9. The number of hydrogen-bond acceptors (Lipinski definition) is 5. The van der Waals surface area contributed by atoms with Gasteiger partial charge in [-0.15, -0.1) is 0 Å². The highest BCUT2D eigenvalue weighted by Crippen LogP contribution is 2.24. The van der Waals surface area contributed by atoms with E-state index in [4.69, 9.17) is 0 Å². The first kappa shape index (κ1) is 11.3. The molecule has 1 aliphatic heterocycles. The summed E-state index contributed by atoms with van der Waals surface area (Å²) in [5.41, 5.74) is 0.916. The van der Waals surface area contributed by atoms with Gasteiger partial charge in [0, 0.05) is 25.5 Å². The van der Waals surface area contributed by atoms with E-state index in [2.05, 4.69) is 19.9 Å². The van der Waals surface area contributed by atoms with Gasteiger partial charge in [0.05, 0.1) is 17.0 Å². The van der Waals surface area contributed by atoms with Crippen molar-refractivity contribution >= 4 is 16.7 Å². The number of pyridine rings is 1. The van der Waals surface area contributed by atoms with Gasteiger partial charge in [-0.25, -0.2) is 9.97 Å². The molecule has 2 aromatic heterocycles. The second-order valence-corrected chi connectivity index (χ2v) is 4.66. The lowest BCUT2D eigenvalue weighted by molar-refractivity contribution is 0.161. The van der Waals surface area contributed by atoms with E-state index in [1.807, 2.05) is 12.3 Å². The van der Waals surface area contributed by atoms with E-state index in [9.17, 15) is 5.11 Å². The van der Waals surface area contributed by atoms with Crippen molar-refractivity contribution in [3.63, 3.8) is 0 Å². The van der Waals surface area contributed by atoms with Gasteiger partial charge in [-0.2, -0.15) is 0 Å². The van der Waals surface area contributed by atoms with Gasteiger partial charge in [0.2, 0.25) is 0 Å². The van der Waals surface area contributed by atoms with E-state index >= 15 is 0 Å². The molecule has 1 aliphatic rings. The van der Waals surface area contributed by atoms with Crippen LogP contribution in [0.15, 0.2) is 24.8 Å². The van der Waals surface area contributed by atoms with Gasteiger partial charge in [-0.1, -0.05) is 0 Å². The fourth-order valence-corrected chi connectivity index (χ4v) is 2.43. The SMILES string of the molecule is OC1CCCN(c2ncnc3ccncc23)CC1. The predicted octanol–water partition coefficient (Wildman–Crippen LogP) is 1.38. The molecule has 1 saturated heterocycles. The number of nitrogens with zero attached hydrogens (tertiary/aromatic N) is 4. The Hall–Kier alpha value is -1.75. The van der Waals surface area contributed by atoms with Crippen molar-refractivity contribution < 1.29 is 5.11 Å². The molecule has 0 amide bonds.